The topological polar surface area (TPSA) is 67.4 Å². The Bertz CT molecular complexity index is 810. The van der Waals surface area contributed by atoms with Crippen LogP contribution in [0.4, 0.5) is 0 Å². The lowest BCUT2D eigenvalue weighted by Crippen LogP contribution is -2.48. The van der Waals surface area contributed by atoms with Gasteiger partial charge in [-0.3, -0.25) is 9.59 Å². The van der Waals surface area contributed by atoms with Crippen LogP contribution in [0.5, 0.6) is 0 Å². The molecule has 1 fully saturated rings. The molecule has 1 aliphatic heterocycles. The van der Waals surface area contributed by atoms with Gasteiger partial charge in [0.15, 0.2) is 0 Å². The lowest BCUT2D eigenvalue weighted by Gasteiger charge is -2.36. The number of nitrogens with one attached hydrogen (secondary N) is 2. The molecule has 28 heavy (non-hydrogen) atoms. The minimum Gasteiger partial charge on any atom is -0.381 e. The maximum atomic E-state index is 12.3. The molecule has 0 bridgehead atoms. The van der Waals surface area contributed by atoms with Crippen molar-refractivity contribution in [2.24, 2.45) is 0 Å². The Hall–Kier alpha value is -2.02. The molecule has 2 aromatic carbocycles. The van der Waals surface area contributed by atoms with E-state index in [-0.39, 0.29) is 11.3 Å². The Labute approximate surface area is 174 Å². The van der Waals surface area contributed by atoms with E-state index in [4.69, 9.17) is 16.3 Å². The van der Waals surface area contributed by atoms with Gasteiger partial charge in [0.05, 0.1) is 0 Å². The molecule has 2 N–H and O–H groups in total. The lowest BCUT2D eigenvalue weighted by atomic mass is 9.99. The predicted molar refractivity (Wildman–Crippen MR) is 111 cm³/mol. The molecular weight excluding hydrogens is 396 g/mol. The molecule has 7 heteroatoms. The van der Waals surface area contributed by atoms with Crippen LogP contribution in [0, 0.1) is 0 Å². The van der Waals surface area contributed by atoms with Crippen molar-refractivity contribution in [1.29, 1.82) is 0 Å². The summed E-state index contributed by atoms with van der Waals surface area (Å²) in [7, 11) is 0. The third kappa shape index (κ3) is 5.74. The second-order valence-electron chi connectivity index (χ2n) is 6.67. The van der Waals surface area contributed by atoms with Crippen molar-refractivity contribution in [3.05, 3.63) is 65.2 Å². The van der Waals surface area contributed by atoms with Crippen LogP contribution < -0.4 is 10.6 Å². The first-order valence-electron chi connectivity index (χ1n) is 9.19. The van der Waals surface area contributed by atoms with Crippen molar-refractivity contribution in [1.82, 2.24) is 10.6 Å². The van der Waals surface area contributed by atoms with Gasteiger partial charge >= 0.3 is 11.8 Å². The van der Waals surface area contributed by atoms with Crippen LogP contribution in [0.15, 0.2) is 59.5 Å². The van der Waals surface area contributed by atoms with E-state index in [2.05, 4.69) is 22.8 Å². The zero-order valence-corrected chi connectivity index (χ0v) is 17.0. The molecule has 3 rings (SSSR count). The fraction of sp³-hybridized carbons (Fsp3) is 0.333. The Balaban J connectivity index is 1.55. The maximum Gasteiger partial charge on any atom is 0.309 e. The molecule has 0 radical (unpaired) electrons. The number of amides is 2. The van der Waals surface area contributed by atoms with Gasteiger partial charge in [0.2, 0.25) is 0 Å². The van der Waals surface area contributed by atoms with Crippen LogP contribution in [0.1, 0.15) is 18.4 Å². The minimum absolute atomic E-state index is 0.182. The van der Waals surface area contributed by atoms with E-state index in [1.165, 1.54) is 0 Å². The molecular formula is C21H23ClN2O3S. The number of thioether (sulfide) groups is 1. The van der Waals surface area contributed by atoms with Crippen LogP contribution in [-0.2, 0) is 20.9 Å². The summed E-state index contributed by atoms with van der Waals surface area (Å²) in [6, 6.07) is 17.3. The number of rotatable bonds is 6. The van der Waals surface area contributed by atoms with Crippen LogP contribution in [0.25, 0.3) is 0 Å². The van der Waals surface area contributed by atoms with E-state index in [9.17, 15) is 9.59 Å². The molecule has 2 aromatic rings. The molecule has 2 amide bonds. The molecule has 1 heterocycles. The summed E-state index contributed by atoms with van der Waals surface area (Å²) >= 11 is 7.81. The molecule has 0 aromatic heterocycles. The predicted octanol–water partition coefficient (Wildman–Crippen LogP) is 3.41. The summed E-state index contributed by atoms with van der Waals surface area (Å²) in [5.41, 5.74) is 0.769. The average molecular weight is 419 g/mol. The zero-order chi connectivity index (χ0) is 19.8. The summed E-state index contributed by atoms with van der Waals surface area (Å²) < 4.78 is 5.32. The van der Waals surface area contributed by atoms with Crippen molar-refractivity contribution in [2.45, 2.75) is 29.0 Å². The molecule has 0 saturated carbocycles. The Morgan fingerprint density at radius 3 is 2.32 bits per heavy atom. The van der Waals surface area contributed by atoms with Crippen molar-refractivity contribution >= 4 is 35.2 Å². The van der Waals surface area contributed by atoms with Gasteiger partial charge in [-0.05, 0) is 36.6 Å². The van der Waals surface area contributed by atoms with E-state index >= 15 is 0 Å². The highest BCUT2D eigenvalue weighted by Crippen LogP contribution is 2.40. The fourth-order valence-electron chi connectivity index (χ4n) is 3.02. The van der Waals surface area contributed by atoms with Gasteiger partial charge in [-0.15, -0.1) is 11.8 Å². The standard InChI is InChI=1S/C21H23ClN2O3S/c22-18-9-5-4-6-16(18)14-23-19(25)20(26)24-15-21(10-12-27-13-11-21)28-17-7-2-1-3-8-17/h1-9H,10-15H2,(H,23,25)(H,24,26). The molecule has 0 spiro atoms. The second-order valence-corrected chi connectivity index (χ2v) is 8.62. The van der Waals surface area contributed by atoms with Gasteiger partial charge in [-0.1, -0.05) is 48.0 Å². The average Bonchev–Trinajstić information content (AvgIpc) is 2.72. The van der Waals surface area contributed by atoms with Gasteiger partial charge in [0, 0.05) is 41.0 Å². The van der Waals surface area contributed by atoms with E-state index in [1.807, 2.05) is 36.4 Å². The van der Waals surface area contributed by atoms with Crippen molar-refractivity contribution in [2.75, 3.05) is 19.8 Å². The second kappa shape index (κ2) is 9.96. The first-order valence-corrected chi connectivity index (χ1v) is 10.4. The third-order valence-electron chi connectivity index (χ3n) is 4.66. The Kier molecular flexibility index (Phi) is 7.36. The maximum absolute atomic E-state index is 12.3. The first kappa shape index (κ1) is 20.7. The van der Waals surface area contributed by atoms with Crippen LogP contribution >= 0.6 is 23.4 Å². The van der Waals surface area contributed by atoms with Crippen molar-refractivity contribution in [3.63, 3.8) is 0 Å². The highest BCUT2D eigenvalue weighted by atomic mass is 35.5. The lowest BCUT2D eigenvalue weighted by molar-refractivity contribution is -0.139. The van der Waals surface area contributed by atoms with Crippen molar-refractivity contribution < 1.29 is 14.3 Å². The molecule has 0 atom stereocenters. The molecule has 0 unspecified atom stereocenters. The van der Waals surface area contributed by atoms with Gasteiger partial charge in [-0.2, -0.15) is 0 Å². The summed E-state index contributed by atoms with van der Waals surface area (Å²) in [5, 5.41) is 5.99. The smallest absolute Gasteiger partial charge is 0.309 e. The van der Waals surface area contributed by atoms with E-state index < -0.39 is 11.8 Å². The Morgan fingerprint density at radius 1 is 0.964 bits per heavy atom. The zero-order valence-electron chi connectivity index (χ0n) is 15.4. The first-order chi connectivity index (χ1) is 13.6. The van der Waals surface area contributed by atoms with Gasteiger partial charge in [-0.25, -0.2) is 0 Å². The fourth-order valence-corrected chi connectivity index (χ4v) is 4.53. The summed E-state index contributed by atoms with van der Waals surface area (Å²) in [6.07, 6.45) is 1.63. The highest BCUT2D eigenvalue weighted by Gasteiger charge is 2.34. The minimum atomic E-state index is -0.660. The Morgan fingerprint density at radius 2 is 1.61 bits per heavy atom. The number of carbonyl (C=O) groups excluding carboxylic acids is 2. The molecule has 5 nitrogen and oxygen atoms in total. The summed E-state index contributed by atoms with van der Waals surface area (Å²) in [5.74, 6) is -1.29. The number of ether oxygens (including phenoxy) is 1. The molecule has 1 aliphatic rings. The third-order valence-corrected chi connectivity index (χ3v) is 6.52. The molecule has 1 saturated heterocycles. The quantitative estimate of drug-likeness (QED) is 0.705. The number of halogens is 1. The van der Waals surface area contributed by atoms with Gasteiger partial charge < -0.3 is 15.4 Å². The summed E-state index contributed by atoms with van der Waals surface area (Å²) in [4.78, 5) is 25.6. The monoisotopic (exact) mass is 418 g/mol. The number of benzene rings is 2. The van der Waals surface area contributed by atoms with Gasteiger partial charge in [0.25, 0.3) is 0 Å². The molecule has 148 valence electrons. The van der Waals surface area contributed by atoms with Crippen LogP contribution in [0.2, 0.25) is 5.02 Å². The number of hydrogen-bond donors (Lipinski definition) is 2. The van der Waals surface area contributed by atoms with E-state index in [0.29, 0.717) is 24.8 Å². The van der Waals surface area contributed by atoms with Gasteiger partial charge in [0.1, 0.15) is 0 Å². The normalized spacial score (nSPS) is 15.6. The van der Waals surface area contributed by atoms with Crippen LogP contribution in [-0.4, -0.2) is 36.3 Å². The highest BCUT2D eigenvalue weighted by molar-refractivity contribution is 8.00. The van der Waals surface area contributed by atoms with E-state index in [0.717, 1.165) is 23.3 Å². The van der Waals surface area contributed by atoms with Crippen molar-refractivity contribution in [3.8, 4) is 0 Å². The SMILES string of the molecule is O=C(NCc1ccccc1Cl)C(=O)NCC1(Sc2ccccc2)CCOCC1. The van der Waals surface area contributed by atoms with Crippen LogP contribution in [0.3, 0.4) is 0 Å². The number of carbonyl (C=O) groups is 2. The number of hydrogen-bond acceptors (Lipinski definition) is 4. The largest absolute Gasteiger partial charge is 0.381 e. The summed E-state index contributed by atoms with van der Waals surface area (Å²) in [6.45, 7) is 1.92. The molecule has 0 aliphatic carbocycles. The van der Waals surface area contributed by atoms with E-state index in [1.54, 1.807) is 17.8 Å².